The van der Waals surface area contributed by atoms with Gasteiger partial charge in [0.1, 0.15) is 24.6 Å². The van der Waals surface area contributed by atoms with E-state index in [4.69, 9.17) is 14.2 Å². The van der Waals surface area contributed by atoms with E-state index in [2.05, 4.69) is 20.3 Å². The van der Waals surface area contributed by atoms with E-state index in [0.29, 0.717) is 17.2 Å². The maximum absolute atomic E-state index is 11.4. The Hall–Kier alpha value is -2.10. The highest BCUT2D eigenvalue weighted by Gasteiger charge is 2.56. The van der Waals surface area contributed by atoms with Gasteiger partial charge in [0, 0.05) is 6.04 Å². The first-order valence-corrected chi connectivity index (χ1v) is 8.96. The molecule has 9 heteroatoms. The van der Waals surface area contributed by atoms with Crippen molar-refractivity contribution in [2.24, 2.45) is 0 Å². The molecule has 0 radical (unpaired) electrons. The summed E-state index contributed by atoms with van der Waals surface area (Å²) in [7, 11) is 0. The number of fused-ring (bicyclic) bond motifs is 2. The molecule has 4 heterocycles. The average molecular weight is 359 g/mol. The molecule has 0 unspecified atom stereocenters. The second-order valence-electron chi connectivity index (χ2n) is 7.51. The summed E-state index contributed by atoms with van der Waals surface area (Å²) in [6.45, 7) is 3.66. The second kappa shape index (κ2) is 5.70. The van der Waals surface area contributed by atoms with Gasteiger partial charge < -0.3 is 24.3 Å². The summed E-state index contributed by atoms with van der Waals surface area (Å²) in [4.78, 5) is 24.6. The lowest BCUT2D eigenvalue weighted by Gasteiger charge is -2.26. The molecule has 0 aromatic carbocycles. The smallest absolute Gasteiger partial charge is 0.167 e. The van der Waals surface area contributed by atoms with Crippen molar-refractivity contribution in [3.8, 4) is 0 Å². The van der Waals surface area contributed by atoms with Gasteiger partial charge in [0.15, 0.2) is 35.3 Å². The molecule has 0 spiro atoms. The van der Waals surface area contributed by atoms with E-state index in [9.17, 15) is 4.79 Å². The third-order valence-electron chi connectivity index (χ3n) is 5.28. The van der Waals surface area contributed by atoms with Gasteiger partial charge in [-0.1, -0.05) is 0 Å². The number of hydrogen-bond acceptors (Lipinski definition) is 8. The minimum atomic E-state index is -0.763. The molecule has 3 aliphatic rings. The number of aldehydes is 1. The molecule has 2 aromatic rings. The summed E-state index contributed by atoms with van der Waals surface area (Å²) >= 11 is 0. The van der Waals surface area contributed by atoms with E-state index in [1.165, 1.54) is 12.7 Å². The Balaban J connectivity index is 1.51. The summed E-state index contributed by atoms with van der Waals surface area (Å²) in [6.07, 6.45) is 5.39. The molecule has 0 bridgehead atoms. The number of carbonyl (C=O) groups is 1. The van der Waals surface area contributed by atoms with Crippen molar-refractivity contribution >= 4 is 23.3 Å². The van der Waals surface area contributed by atoms with Gasteiger partial charge in [0.2, 0.25) is 0 Å². The fraction of sp³-hybridized carbons (Fsp3) is 0.647. The van der Waals surface area contributed by atoms with Crippen molar-refractivity contribution in [3.63, 3.8) is 0 Å². The van der Waals surface area contributed by atoms with E-state index < -0.39 is 30.3 Å². The van der Waals surface area contributed by atoms with Crippen LogP contribution in [0, 0.1) is 0 Å². The highest BCUT2D eigenvalue weighted by molar-refractivity contribution is 5.83. The molecule has 1 saturated carbocycles. The molecule has 2 aromatic heterocycles. The number of anilines is 1. The maximum Gasteiger partial charge on any atom is 0.167 e. The summed E-state index contributed by atoms with van der Waals surface area (Å²) in [5, 5.41) is 3.42. The summed E-state index contributed by atoms with van der Waals surface area (Å²) < 4.78 is 19.6. The fourth-order valence-electron chi connectivity index (χ4n) is 3.83. The molecule has 3 fully saturated rings. The largest absolute Gasteiger partial charge is 0.365 e. The third-order valence-corrected chi connectivity index (χ3v) is 5.28. The molecular formula is C17H21N5O4. The number of aromatic nitrogens is 4. The molecule has 2 aliphatic heterocycles. The Morgan fingerprint density at radius 2 is 2.04 bits per heavy atom. The van der Waals surface area contributed by atoms with Crippen molar-refractivity contribution in [2.75, 3.05) is 5.32 Å². The normalized spacial score (nSPS) is 33.2. The van der Waals surface area contributed by atoms with Gasteiger partial charge in [-0.05, 0) is 33.1 Å². The van der Waals surface area contributed by atoms with Crippen molar-refractivity contribution in [2.45, 2.75) is 69.5 Å². The average Bonchev–Trinajstić information content (AvgIpc) is 3.21. The standard InChI is InChI=1S/C17H21N5O4/c1-17(2)25-12-10(6-23)24-16(13(12)26-17)22-8-20-11-14(18-7-19-15(11)22)21-9-4-3-5-9/h6-10,12-13,16H,3-5H2,1-2H3,(H,18,19,21)/t10-,12-,13+,16+/m0/s1. The highest BCUT2D eigenvalue weighted by atomic mass is 16.8. The van der Waals surface area contributed by atoms with E-state index >= 15 is 0 Å². The first kappa shape index (κ1) is 16.1. The highest BCUT2D eigenvalue weighted by Crippen LogP contribution is 2.43. The molecule has 4 atom stereocenters. The van der Waals surface area contributed by atoms with Crippen LogP contribution in [0.3, 0.4) is 0 Å². The summed E-state index contributed by atoms with van der Waals surface area (Å²) in [5.74, 6) is -0.0372. The monoisotopic (exact) mass is 359 g/mol. The van der Waals surface area contributed by atoms with Crippen LogP contribution in [0.5, 0.6) is 0 Å². The Morgan fingerprint density at radius 3 is 2.77 bits per heavy atom. The van der Waals surface area contributed by atoms with Gasteiger partial charge in [0.05, 0.1) is 6.33 Å². The Labute approximate surface area is 150 Å². The summed E-state index contributed by atoms with van der Waals surface area (Å²) in [6, 6.07) is 0.442. The Bertz CT molecular complexity index is 849. The molecule has 0 amide bonds. The number of imidazole rings is 1. The van der Waals surface area contributed by atoms with Crippen LogP contribution in [0.2, 0.25) is 0 Å². The lowest BCUT2D eigenvalue weighted by atomic mass is 9.93. The van der Waals surface area contributed by atoms with Gasteiger partial charge in [-0.3, -0.25) is 4.57 Å². The number of carbonyl (C=O) groups excluding carboxylic acids is 1. The van der Waals surface area contributed by atoms with Crippen LogP contribution >= 0.6 is 0 Å². The van der Waals surface area contributed by atoms with E-state index in [0.717, 1.165) is 24.9 Å². The molecule has 2 saturated heterocycles. The van der Waals surface area contributed by atoms with Gasteiger partial charge in [0.25, 0.3) is 0 Å². The molecule has 1 aliphatic carbocycles. The quantitative estimate of drug-likeness (QED) is 0.818. The number of nitrogens with zero attached hydrogens (tertiary/aromatic N) is 4. The van der Waals surface area contributed by atoms with Crippen LogP contribution in [-0.4, -0.2) is 55.9 Å². The molecule has 9 nitrogen and oxygen atoms in total. The Kier molecular flexibility index (Phi) is 3.53. The van der Waals surface area contributed by atoms with Gasteiger partial charge in [-0.25, -0.2) is 15.0 Å². The molecular weight excluding hydrogens is 338 g/mol. The second-order valence-corrected chi connectivity index (χ2v) is 7.51. The van der Waals surface area contributed by atoms with Crippen LogP contribution in [0.15, 0.2) is 12.7 Å². The fourth-order valence-corrected chi connectivity index (χ4v) is 3.83. The van der Waals surface area contributed by atoms with Gasteiger partial charge in [-0.15, -0.1) is 0 Å². The van der Waals surface area contributed by atoms with E-state index in [1.807, 2.05) is 13.8 Å². The van der Waals surface area contributed by atoms with Gasteiger partial charge >= 0.3 is 0 Å². The zero-order chi connectivity index (χ0) is 17.9. The van der Waals surface area contributed by atoms with Crippen LogP contribution in [0.25, 0.3) is 11.2 Å². The van der Waals surface area contributed by atoms with Crippen molar-refractivity contribution in [3.05, 3.63) is 12.7 Å². The zero-order valence-corrected chi connectivity index (χ0v) is 14.7. The molecule has 138 valence electrons. The van der Waals surface area contributed by atoms with Crippen molar-refractivity contribution in [1.29, 1.82) is 0 Å². The minimum absolute atomic E-state index is 0.407. The first-order valence-electron chi connectivity index (χ1n) is 8.96. The number of hydrogen-bond donors (Lipinski definition) is 1. The molecule has 1 N–H and O–H groups in total. The van der Waals surface area contributed by atoms with Crippen LogP contribution in [0.4, 0.5) is 5.82 Å². The van der Waals surface area contributed by atoms with Crippen LogP contribution < -0.4 is 5.32 Å². The van der Waals surface area contributed by atoms with Gasteiger partial charge in [-0.2, -0.15) is 0 Å². The summed E-state index contributed by atoms with van der Waals surface area (Å²) in [5.41, 5.74) is 1.33. The lowest BCUT2D eigenvalue weighted by molar-refractivity contribution is -0.194. The molecule has 26 heavy (non-hydrogen) atoms. The first-order chi connectivity index (χ1) is 12.6. The van der Waals surface area contributed by atoms with E-state index in [1.54, 1.807) is 10.9 Å². The predicted octanol–water partition coefficient (Wildman–Crippen LogP) is 1.41. The Morgan fingerprint density at radius 1 is 1.23 bits per heavy atom. The SMILES string of the molecule is CC1(C)O[C@@H]2[C@@H](O1)[C@H](n1cnc3c(NC4CCC4)ncnc31)O[C@H]2C=O. The predicted molar refractivity (Wildman–Crippen MR) is 90.4 cm³/mol. The minimum Gasteiger partial charge on any atom is -0.365 e. The van der Waals surface area contributed by atoms with Crippen molar-refractivity contribution in [1.82, 2.24) is 19.5 Å². The maximum atomic E-state index is 11.4. The topological polar surface area (TPSA) is 100 Å². The zero-order valence-electron chi connectivity index (χ0n) is 14.7. The number of ether oxygens (including phenoxy) is 3. The number of rotatable bonds is 4. The van der Waals surface area contributed by atoms with E-state index in [-0.39, 0.29) is 0 Å². The van der Waals surface area contributed by atoms with Crippen molar-refractivity contribution < 1.29 is 19.0 Å². The van der Waals surface area contributed by atoms with Crippen LogP contribution in [-0.2, 0) is 19.0 Å². The van der Waals surface area contributed by atoms with Crippen LogP contribution in [0.1, 0.15) is 39.3 Å². The number of nitrogens with one attached hydrogen (secondary N) is 1. The molecule has 5 rings (SSSR count). The lowest BCUT2D eigenvalue weighted by Crippen LogP contribution is -2.30. The third kappa shape index (κ3) is 2.42.